The molecule has 0 aliphatic rings. The van der Waals surface area contributed by atoms with Crippen LogP contribution in [0.4, 0.5) is 34.1 Å². The molecule has 8 aromatic rings. The van der Waals surface area contributed by atoms with E-state index in [-0.39, 0.29) is 0 Å². The molecule has 0 aliphatic carbocycles. The lowest BCUT2D eigenvalue weighted by Gasteiger charge is -2.29. The van der Waals surface area contributed by atoms with E-state index in [2.05, 4.69) is 200 Å². The highest BCUT2D eigenvalue weighted by molar-refractivity contribution is 5.93. The number of nitrogens with zero attached hydrogens (tertiary/aromatic N) is 2. The molecular formula is C46H38N2. The van der Waals surface area contributed by atoms with Crippen LogP contribution in [0.25, 0.3) is 32.3 Å². The van der Waals surface area contributed by atoms with Gasteiger partial charge in [-0.15, -0.1) is 0 Å². The van der Waals surface area contributed by atoms with Gasteiger partial charge in [-0.1, -0.05) is 117 Å². The van der Waals surface area contributed by atoms with Gasteiger partial charge in [0.05, 0.1) is 0 Å². The van der Waals surface area contributed by atoms with Crippen LogP contribution in [-0.4, -0.2) is 0 Å². The van der Waals surface area contributed by atoms with E-state index in [1.807, 2.05) is 0 Å². The smallest absolute Gasteiger partial charge is 0.0468 e. The second kappa shape index (κ2) is 12.7. The van der Waals surface area contributed by atoms with Gasteiger partial charge in [-0.3, -0.25) is 0 Å². The molecule has 0 radical (unpaired) electrons. The van der Waals surface area contributed by atoms with Crippen molar-refractivity contribution >= 4 is 66.4 Å². The summed E-state index contributed by atoms with van der Waals surface area (Å²) in [5.74, 6) is 0.531. The van der Waals surface area contributed by atoms with Gasteiger partial charge >= 0.3 is 0 Å². The third kappa shape index (κ3) is 5.67. The fourth-order valence-corrected chi connectivity index (χ4v) is 6.78. The summed E-state index contributed by atoms with van der Waals surface area (Å²) < 4.78 is 0. The van der Waals surface area contributed by atoms with Gasteiger partial charge in [0, 0.05) is 34.1 Å². The summed E-state index contributed by atoms with van der Waals surface area (Å²) in [4.78, 5) is 4.73. The minimum Gasteiger partial charge on any atom is -0.310 e. The first-order chi connectivity index (χ1) is 23.6. The van der Waals surface area contributed by atoms with Crippen molar-refractivity contribution < 1.29 is 0 Å². The summed E-state index contributed by atoms with van der Waals surface area (Å²) in [5, 5.41) is 7.39. The zero-order chi connectivity index (χ0) is 32.5. The predicted molar refractivity (Wildman–Crippen MR) is 207 cm³/mol. The van der Waals surface area contributed by atoms with E-state index in [4.69, 9.17) is 0 Å². The molecule has 0 amide bonds. The van der Waals surface area contributed by atoms with E-state index >= 15 is 0 Å². The zero-order valence-electron chi connectivity index (χ0n) is 27.4. The van der Waals surface area contributed by atoms with Crippen LogP contribution in [0.15, 0.2) is 176 Å². The van der Waals surface area contributed by atoms with Crippen molar-refractivity contribution in [3.8, 4) is 0 Å². The van der Waals surface area contributed by atoms with E-state index in [0.29, 0.717) is 5.92 Å². The lowest BCUT2D eigenvalue weighted by atomic mass is 9.98. The second-order valence-electron chi connectivity index (χ2n) is 12.7. The van der Waals surface area contributed by atoms with Crippen LogP contribution in [0.2, 0.25) is 0 Å². The quantitative estimate of drug-likeness (QED) is 0.167. The van der Waals surface area contributed by atoms with Crippen LogP contribution in [0.1, 0.15) is 31.7 Å². The fourth-order valence-electron chi connectivity index (χ4n) is 6.78. The Morgan fingerprint density at radius 2 is 0.646 bits per heavy atom. The molecule has 2 nitrogen and oxygen atoms in total. The Balaban J connectivity index is 1.24. The molecule has 48 heavy (non-hydrogen) atoms. The Morgan fingerprint density at radius 3 is 1.00 bits per heavy atom. The normalized spacial score (nSPS) is 12.0. The van der Waals surface area contributed by atoms with E-state index < -0.39 is 0 Å². The first kappa shape index (κ1) is 29.5. The van der Waals surface area contributed by atoms with Crippen LogP contribution in [-0.2, 0) is 0 Å². The number of anilines is 6. The Kier molecular flexibility index (Phi) is 7.84. The largest absolute Gasteiger partial charge is 0.310 e. The third-order valence-corrected chi connectivity index (χ3v) is 9.67. The topological polar surface area (TPSA) is 6.48 Å². The van der Waals surface area contributed by atoms with Crippen LogP contribution < -0.4 is 9.80 Å². The molecule has 1 atom stereocenters. The van der Waals surface area contributed by atoms with E-state index in [1.165, 1.54) is 37.9 Å². The minimum absolute atomic E-state index is 0.531. The molecule has 0 heterocycles. The molecule has 8 aromatic carbocycles. The van der Waals surface area contributed by atoms with E-state index in [1.54, 1.807) is 0 Å². The standard InChI is InChI=1S/C46H38N2/c1-3-33(2)34-16-21-41(22-17-34)47(44-23-18-35-10-4-7-13-38(35)30-44)42-26-28-43(29-27-42)48(45-24-19-36-11-5-8-14-39(36)31-45)46-25-20-37-12-6-9-15-40(37)32-46/h4-33H,3H2,1-2H3. The summed E-state index contributed by atoms with van der Waals surface area (Å²) in [6, 6.07) is 64.0. The lowest BCUT2D eigenvalue weighted by Crippen LogP contribution is -2.12. The summed E-state index contributed by atoms with van der Waals surface area (Å²) in [6.45, 7) is 4.55. The Hall–Kier alpha value is -5.86. The maximum Gasteiger partial charge on any atom is 0.0468 e. The molecule has 0 bridgehead atoms. The first-order valence-corrected chi connectivity index (χ1v) is 16.9. The van der Waals surface area contributed by atoms with Crippen LogP contribution in [0.5, 0.6) is 0 Å². The molecule has 0 N–H and O–H groups in total. The van der Waals surface area contributed by atoms with Gasteiger partial charge < -0.3 is 9.80 Å². The number of rotatable bonds is 8. The Bertz CT molecular complexity index is 2280. The summed E-state index contributed by atoms with van der Waals surface area (Å²) in [6.07, 6.45) is 1.13. The van der Waals surface area contributed by atoms with E-state index in [0.717, 1.165) is 40.5 Å². The predicted octanol–water partition coefficient (Wildman–Crippen LogP) is 13.6. The molecule has 1 unspecified atom stereocenters. The second-order valence-corrected chi connectivity index (χ2v) is 12.7. The fraction of sp³-hybridized carbons (Fsp3) is 0.0870. The molecule has 0 saturated heterocycles. The van der Waals surface area contributed by atoms with Crippen molar-refractivity contribution in [1.82, 2.24) is 0 Å². The summed E-state index contributed by atoms with van der Waals surface area (Å²) in [5.41, 5.74) is 8.13. The van der Waals surface area contributed by atoms with Gasteiger partial charge in [-0.25, -0.2) is 0 Å². The van der Waals surface area contributed by atoms with Crippen molar-refractivity contribution in [3.63, 3.8) is 0 Å². The number of hydrogen-bond donors (Lipinski definition) is 0. The SMILES string of the molecule is CCC(C)c1ccc(N(c2ccc(N(c3ccc4ccccc4c3)c3ccc4ccccc4c3)cc2)c2ccc3ccccc3c2)cc1. The maximum atomic E-state index is 2.37. The average molecular weight is 619 g/mol. The summed E-state index contributed by atoms with van der Waals surface area (Å²) >= 11 is 0. The summed E-state index contributed by atoms with van der Waals surface area (Å²) in [7, 11) is 0. The molecule has 2 heteroatoms. The number of benzene rings is 8. The highest BCUT2D eigenvalue weighted by atomic mass is 15.2. The third-order valence-electron chi connectivity index (χ3n) is 9.67. The van der Waals surface area contributed by atoms with Gasteiger partial charge in [-0.05, 0) is 123 Å². The van der Waals surface area contributed by atoms with Gasteiger partial charge in [0.2, 0.25) is 0 Å². The van der Waals surface area contributed by atoms with Gasteiger partial charge in [0.25, 0.3) is 0 Å². The van der Waals surface area contributed by atoms with Crippen molar-refractivity contribution in [2.24, 2.45) is 0 Å². The van der Waals surface area contributed by atoms with Crippen molar-refractivity contribution in [1.29, 1.82) is 0 Å². The van der Waals surface area contributed by atoms with Crippen molar-refractivity contribution in [3.05, 3.63) is 181 Å². The molecule has 0 spiro atoms. The zero-order valence-corrected chi connectivity index (χ0v) is 27.4. The van der Waals surface area contributed by atoms with Crippen LogP contribution >= 0.6 is 0 Å². The lowest BCUT2D eigenvalue weighted by molar-refractivity contribution is 0.733. The monoisotopic (exact) mass is 618 g/mol. The maximum absolute atomic E-state index is 2.37. The molecule has 0 aromatic heterocycles. The highest BCUT2D eigenvalue weighted by Gasteiger charge is 2.17. The number of hydrogen-bond acceptors (Lipinski definition) is 2. The molecule has 232 valence electrons. The Labute approximate surface area is 283 Å². The van der Waals surface area contributed by atoms with Gasteiger partial charge in [0.15, 0.2) is 0 Å². The van der Waals surface area contributed by atoms with Crippen molar-refractivity contribution in [2.45, 2.75) is 26.2 Å². The van der Waals surface area contributed by atoms with Gasteiger partial charge in [-0.2, -0.15) is 0 Å². The minimum atomic E-state index is 0.531. The molecule has 8 rings (SSSR count). The highest BCUT2D eigenvalue weighted by Crippen LogP contribution is 2.41. The van der Waals surface area contributed by atoms with Crippen LogP contribution in [0, 0.1) is 0 Å². The molecular weight excluding hydrogens is 581 g/mol. The molecule has 0 fully saturated rings. The first-order valence-electron chi connectivity index (χ1n) is 16.9. The average Bonchev–Trinajstić information content (AvgIpc) is 3.15. The van der Waals surface area contributed by atoms with Gasteiger partial charge in [0.1, 0.15) is 0 Å². The van der Waals surface area contributed by atoms with Crippen LogP contribution in [0.3, 0.4) is 0 Å². The molecule has 0 aliphatic heterocycles. The molecule has 0 saturated carbocycles. The van der Waals surface area contributed by atoms with E-state index in [9.17, 15) is 0 Å². The Morgan fingerprint density at radius 1 is 0.354 bits per heavy atom. The van der Waals surface area contributed by atoms with Crippen molar-refractivity contribution in [2.75, 3.05) is 9.80 Å². The number of fused-ring (bicyclic) bond motifs is 3.